The average Bonchev–Trinajstić information content (AvgIpc) is 2.96. The van der Waals surface area contributed by atoms with Crippen molar-refractivity contribution in [1.29, 1.82) is 0 Å². The van der Waals surface area contributed by atoms with Gasteiger partial charge in [-0.05, 0) is 48.1 Å². The molecule has 1 atom stereocenters. The van der Waals surface area contributed by atoms with E-state index in [2.05, 4.69) is 50.3 Å². The Morgan fingerprint density at radius 2 is 2.33 bits per heavy atom. The summed E-state index contributed by atoms with van der Waals surface area (Å²) in [5.41, 5.74) is 0. The summed E-state index contributed by atoms with van der Waals surface area (Å²) >= 11 is 4.10. The largest absolute Gasteiger partial charge is 0.357 e. The molecule has 1 aromatic rings. The highest BCUT2D eigenvalue weighted by Gasteiger charge is 2.28. The zero-order chi connectivity index (χ0) is 15.3. The molecule has 0 radical (unpaired) electrons. The number of nitrogens with one attached hydrogen (secondary N) is 2. The van der Waals surface area contributed by atoms with Crippen molar-refractivity contribution in [3.05, 3.63) is 19.9 Å². The molecular weight excluding hydrogens is 421 g/mol. The number of hydrogen-bond acceptors (Lipinski definition) is 4. The Hall–Kier alpha value is -0.350. The third-order valence-electron chi connectivity index (χ3n) is 3.17. The van der Waals surface area contributed by atoms with Gasteiger partial charge in [0.25, 0.3) is 0 Å². The molecule has 1 aliphatic rings. The minimum atomic E-state index is -2.86. The van der Waals surface area contributed by atoms with Gasteiger partial charge < -0.3 is 10.6 Å². The second-order valence-corrected chi connectivity index (χ2v) is 10.3. The monoisotopic (exact) mass is 441 g/mol. The third kappa shape index (κ3) is 5.74. The Kier molecular flexibility index (Phi) is 6.30. The summed E-state index contributed by atoms with van der Waals surface area (Å²) in [6, 6.07) is 4.22. The number of rotatable bonds is 5. The van der Waals surface area contributed by atoms with Crippen molar-refractivity contribution < 1.29 is 8.42 Å². The van der Waals surface area contributed by atoms with Crippen LogP contribution in [0.3, 0.4) is 0 Å². The van der Waals surface area contributed by atoms with Crippen molar-refractivity contribution in [3.63, 3.8) is 0 Å². The van der Waals surface area contributed by atoms with E-state index in [0.29, 0.717) is 18.9 Å². The third-order valence-corrected chi connectivity index (χ3v) is 6.90. The molecule has 2 N–H and O–H groups in total. The van der Waals surface area contributed by atoms with E-state index in [1.165, 1.54) is 7.76 Å². The first-order valence-electron chi connectivity index (χ1n) is 6.98. The maximum Gasteiger partial charge on any atom is 0.191 e. The van der Waals surface area contributed by atoms with Crippen LogP contribution in [0.15, 0.2) is 17.1 Å². The zero-order valence-electron chi connectivity index (χ0n) is 11.9. The summed E-state index contributed by atoms with van der Waals surface area (Å²) < 4.78 is 24.2. The fourth-order valence-corrected chi connectivity index (χ4v) is 5.60. The summed E-state index contributed by atoms with van der Waals surface area (Å²) in [4.78, 5) is 5.85. The lowest BCUT2D eigenvalue weighted by Crippen LogP contribution is -2.44. The van der Waals surface area contributed by atoms with E-state index in [1.54, 1.807) is 11.3 Å². The molecule has 1 aromatic heterocycles. The number of hydrogen-bond donors (Lipinski definition) is 2. The van der Waals surface area contributed by atoms with Crippen LogP contribution in [0.4, 0.5) is 0 Å². The van der Waals surface area contributed by atoms with Gasteiger partial charge in [0, 0.05) is 30.4 Å². The van der Waals surface area contributed by atoms with Gasteiger partial charge in [-0.25, -0.2) is 8.42 Å². The van der Waals surface area contributed by atoms with Crippen LogP contribution in [-0.4, -0.2) is 45.0 Å². The molecule has 21 heavy (non-hydrogen) atoms. The average molecular weight is 441 g/mol. The molecule has 1 saturated heterocycles. The van der Waals surface area contributed by atoms with Gasteiger partial charge in [0.15, 0.2) is 15.8 Å². The van der Waals surface area contributed by atoms with E-state index in [-0.39, 0.29) is 17.5 Å². The molecule has 1 unspecified atom stereocenters. The molecule has 2 rings (SSSR count). The first kappa shape index (κ1) is 17.0. The molecule has 118 valence electrons. The molecular formula is C13H20IN3O2S2. The molecule has 0 amide bonds. The number of sulfone groups is 1. The highest BCUT2D eigenvalue weighted by molar-refractivity contribution is 14.1. The summed E-state index contributed by atoms with van der Waals surface area (Å²) in [6.45, 7) is 3.47. The first-order chi connectivity index (χ1) is 9.98. The van der Waals surface area contributed by atoms with E-state index in [4.69, 9.17) is 0 Å². The van der Waals surface area contributed by atoms with Gasteiger partial charge in [-0.2, -0.15) is 0 Å². The molecule has 0 saturated carbocycles. The highest BCUT2D eigenvalue weighted by atomic mass is 127. The number of thiophene rings is 1. The number of aliphatic imine (C=N–C) groups is 1. The predicted molar refractivity (Wildman–Crippen MR) is 96.9 cm³/mol. The SMILES string of the molecule is CCNC(=NCCc1ccc(I)s1)NC1CCS(=O)(=O)C1. The lowest BCUT2D eigenvalue weighted by Gasteiger charge is -2.15. The first-order valence-corrected chi connectivity index (χ1v) is 10.7. The Morgan fingerprint density at radius 1 is 1.52 bits per heavy atom. The molecule has 0 aromatic carbocycles. The lowest BCUT2D eigenvalue weighted by atomic mass is 10.3. The van der Waals surface area contributed by atoms with E-state index in [9.17, 15) is 8.42 Å². The minimum absolute atomic E-state index is 0.0181. The van der Waals surface area contributed by atoms with Crippen LogP contribution in [-0.2, 0) is 16.3 Å². The Morgan fingerprint density at radius 3 is 2.90 bits per heavy atom. The molecule has 5 nitrogen and oxygen atoms in total. The summed E-state index contributed by atoms with van der Waals surface area (Å²) in [5, 5.41) is 6.40. The number of guanidine groups is 1. The zero-order valence-corrected chi connectivity index (χ0v) is 15.7. The van der Waals surface area contributed by atoms with Crippen LogP contribution < -0.4 is 10.6 Å². The van der Waals surface area contributed by atoms with Crippen molar-refractivity contribution in [2.75, 3.05) is 24.6 Å². The Labute approximate surface area is 143 Å². The Bertz CT molecular complexity index is 598. The summed E-state index contributed by atoms with van der Waals surface area (Å²) in [6.07, 6.45) is 1.57. The molecule has 0 aliphatic carbocycles. The van der Waals surface area contributed by atoms with Crippen LogP contribution in [0.2, 0.25) is 0 Å². The van der Waals surface area contributed by atoms with Crippen molar-refractivity contribution in [1.82, 2.24) is 10.6 Å². The van der Waals surface area contributed by atoms with Crippen molar-refractivity contribution in [2.24, 2.45) is 4.99 Å². The van der Waals surface area contributed by atoms with Crippen LogP contribution in [0.5, 0.6) is 0 Å². The fourth-order valence-electron chi connectivity index (χ4n) is 2.19. The lowest BCUT2D eigenvalue weighted by molar-refractivity contribution is 0.599. The van der Waals surface area contributed by atoms with Gasteiger partial charge >= 0.3 is 0 Å². The van der Waals surface area contributed by atoms with E-state index >= 15 is 0 Å². The predicted octanol–water partition coefficient (Wildman–Crippen LogP) is 1.64. The number of nitrogens with zero attached hydrogens (tertiary/aromatic N) is 1. The quantitative estimate of drug-likeness (QED) is 0.414. The maximum absolute atomic E-state index is 11.5. The van der Waals surface area contributed by atoms with Gasteiger partial charge in [0.1, 0.15) is 0 Å². The minimum Gasteiger partial charge on any atom is -0.357 e. The van der Waals surface area contributed by atoms with Crippen molar-refractivity contribution in [2.45, 2.75) is 25.8 Å². The van der Waals surface area contributed by atoms with Gasteiger partial charge in [-0.1, -0.05) is 0 Å². The smallest absolute Gasteiger partial charge is 0.191 e. The van der Waals surface area contributed by atoms with Crippen LogP contribution in [0, 0.1) is 2.88 Å². The topological polar surface area (TPSA) is 70.6 Å². The molecule has 0 bridgehead atoms. The van der Waals surface area contributed by atoms with E-state index < -0.39 is 9.84 Å². The Balaban J connectivity index is 1.87. The van der Waals surface area contributed by atoms with Crippen molar-refractivity contribution >= 4 is 49.7 Å². The normalized spacial score (nSPS) is 21.4. The second-order valence-electron chi connectivity index (χ2n) is 4.96. The fraction of sp³-hybridized carbons (Fsp3) is 0.615. The van der Waals surface area contributed by atoms with Gasteiger partial charge in [-0.15, -0.1) is 11.3 Å². The maximum atomic E-state index is 11.5. The standard InChI is InChI=1S/C13H20IN3O2S2/c1-2-15-13(17-10-6-8-21(18,19)9-10)16-7-5-11-3-4-12(14)20-11/h3-4,10H,2,5-9H2,1H3,(H2,15,16,17). The van der Waals surface area contributed by atoms with E-state index in [0.717, 1.165) is 13.0 Å². The number of halogens is 1. The summed E-state index contributed by atoms with van der Waals surface area (Å²) in [5.74, 6) is 1.20. The molecule has 0 spiro atoms. The van der Waals surface area contributed by atoms with Crippen LogP contribution >= 0.6 is 33.9 Å². The van der Waals surface area contributed by atoms with E-state index in [1.807, 2.05) is 6.92 Å². The van der Waals surface area contributed by atoms with Gasteiger partial charge in [0.2, 0.25) is 0 Å². The van der Waals surface area contributed by atoms with Crippen LogP contribution in [0.25, 0.3) is 0 Å². The van der Waals surface area contributed by atoms with Gasteiger partial charge in [-0.3, -0.25) is 4.99 Å². The highest BCUT2D eigenvalue weighted by Crippen LogP contribution is 2.18. The van der Waals surface area contributed by atoms with Gasteiger partial charge in [0.05, 0.1) is 14.4 Å². The van der Waals surface area contributed by atoms with Crippen molar-refractivity contribution in [3.8, 4) is 0 Å². The molecule has 2 heterocycles. The molecule has 1 aliphatic heterocycles. The van der Waals surface area contributed by atoms with Crippen LogP contribution in [0.1, 0.15) is 18.2 Å². The summed E-state index contributed by atoms with van der Waals surface area (Å²) in [7, 11) is -2.86. The second kappa shape index (κ2) is 7.77. The molecule has 1 fully saturated rings. The molecule has 8 heteroatoms.